The Labute approximate surface area is 209 Å². The van der Waals surface area contributed by atoms with Gasteiger partial charge >= 0.3 is 11.9 Å². The minimum absolute atomic E-state index is 0.00412. The predicted molar refractivity (Wildman–Crippen MR) is 138 cm³/mol. The lowest BCUT2D eigenvalue weighted by Gasteiger charge is -2.19. The Morgan fingerprint density at radius 2 is 0.941 bits per heavy atom. The van der Waals surface area contributed by atoms with Gasteiger partial charge in [-0.25, -0.2) is 0 Å². The summed E-state index contributed by atoms with van der Waals surface area (Å²) in [6, 6.07) is 0. The molecule has 0 atom stereocenters. The largest absolute Gasteiger partial charge is 0.463 e. The Balaban J connectivity index is 3.19. The molecule has 0 aromatic heterocycles. The van der Waals surface area contributed by atoms with Gasteiger partial charge in [-0.2, -0.15) is 0 Å². The van der Waals surface area contributed by atoms with Crippen LogP contribution in [0.15, 0.2) is 0 Å². The molecular formula is C28H54O6. The quantitative estimate of drug-likeness (QED) is 0.118. The third kappa shape index (κ3) is 27.1. The van der Waals surface area contributed by atoms with Gasteiger partial charge in [-0.3, -0.25) is 9.59 Å². The van der Waals surface area contributed by atoms with Crippen molar-refractivity contribution in [1.29, 1.82) is 0 Å². The number of aliphatic hydroxyl groups excluding tert-OH is 1. The Kier molecular flexibility index (Phi) is 22.8. The van der Waals surface area contributed by atoms with Gasteiger partial charge in [0.15, 0.2) is 0 Å². The van der Waals surface area contributed by atoms with E-state index in [1.165, 1.54) is 77.0 Å². The van der Waals surface area contributed by atoms with Crippen LogP contribution in [0.4, 0.5) is 0 Å². The van der Waals surface area contributed by atoms with Gasteiger partial charge in [-0.15, -0.1) is 0 Å². The summed E-state index contributed by atoms with van der Waals surface area (Å²) in [5.41, 5.74) is -0.366. The minimum Gasteiger partial charge on any atom is -0.463 e. The maximum absolute atomic E-state index is 11.6. The molecule has 0 amide bonds. The van der Waals surface area contributed by atoms with E-state index >= 15 is 0 Å². The fourth-order valence-electron chi connectivity index (χ4n) is 3.86. The van der Waals surface area contributed by atoms with Crippen molar-refractivity contribution in [3.8, 4) is 0 Å². The van der Waals surface area contributed by atoms with Crippen LogP contribution in [0.5, 0.6) is 0 Å². The zero-order valence-electron chi connectivity index (χ0n) is 22.5. The molecule has 0 aliphatic heterocycles. The highest BCUT2D eigenvalue weighted by molar-refractivity contribution is 5.69. The molecule has 1 N–H and O–H groups in total. The molecular weight excluding hydrogens is 432 g/mol. The molecule has 34 heavy (non-hydrogen) atoms. The van der Waals surface area contributed by atoms with E-state index in [4.69, 9.17) is 19.3 Å². The Hall–Kier alpha value is -1.14. The number of hydrogen-bond acceptors (Lipinski definition) is 6. The summed E-state index contributed by atoms with van der Waals surface area (Å²) in [5.74, 6) is -0.214. The van der Waals surface area contributed by atoms with Crippen LogP contribution in [-0.4, -0.2) is 49.1 Å². The standard InChI is InChI=1S/C28H54O6/c1-28(2,3)34-27(31)21-19-17-15-13-11-9-7-5-4-6-8-10-12-14-16-18-20-26(30)33-25-24-32-23-22-29/h29H,4-25H2,1-3H3. The highest BCUT2D eigenvalue weighted by Crippen LogP contribution is 2.15. The molecule has 0 bridgehead atoms. The van der Waals surface area contributed by atoms with Crippen molar-refractivity contribution < 1.29 is 28.9 Å². The van der Waals surface area contributed by atoms with Crippen molar-refractivity contribution >= 4 is 11.9 Å². The van der Waals surface area contributed by atoms with E-state index in [9.17, 15) is 9.59 Å². The molecule has 0 saturated heterocycles. The van der Waals surface area contributed by atoms with Gasteiger partial charge in [0, 0.05) is 12.8 Å². The minimum atomic E-state index is -0.366. The van der Waals surface area contributed by atoms with E-state index in [1.54, 1.807) is 0 Å². The first kappa shape index (κ1) is 32.9. The number of carbonyl (C=O) groups is 2. The summed E-state index contributed by atoms with van der Waals surface area (Å²) in [5, 5.41) is 8.58. The third-order valence-electron chi connectivity index (χ3n) is 5.66. The summed E-state index contributed by atoms with van der Waals surface area (Å²) < 4.78 is 15.5. The summed E-state index contributed by atoms with van der Waals surface area (Å²) in [6.45, 7) is 6.66. The van der Waals surface area contributed by atoms with Crippen molar-refractivity contribution in [2.45, 2.75) is 142 Å². The maximum Gasteiger partial charge on any atom is 0.306 e. The van der Waals surface area contributed by atoms with Gasteiger partial charge in [0.05, 0.1) is 19.8 Å². The van der Waals surface area contributed by atoms with Crippen molar-refractivity contribution in [2.24, 2.45) is 0 Å². The third-order valence-corrected chi connectivity index (χ3v) is 5.66. The first-order valence-electron chi connectivity index (χ1n) is 13.9. The summed E-state index contributed by atoms with van der Waals surface area (Å²) in [6.07, 6.45) is 20.8. The van der Waals surface area contributed by atoms with Crippen LogP contribution in [0.1, 0.15) is 136 Å². The fourth-order valence-corrected chi connectivity index (χ4v) is 3.86. The van der Waals surface area contributed by atoms with Gasteiger partial charge < -0.3 is 19.3 Å². The van der Waals surface area contributed by atoms with Crippen LogP contribution in [0.2, 0.25) is 0 Å². The van der Waals surface area contributed by atoms with Gasteiger partial charge in [-0.1, -0.05) is 89.9 Å². The Morgan fingerprint density at radius 1 is 0.559 bits per heavy atom. The zero-order valence-corrected chi connectivity index (χ0v) is 22.5. The molecule has 0 aliphatic carbocycles. The molecule has 0 rings (SSSR count). The first-order valence-corrected chi connectivity index (χ1v) is 13.9. The second kappa shape index (κ2) is 23.6. The van der Waals surface area contributed by atoms with Crippen LogP contribution in [0, 0.1) is 0 Å². The van der Waals surface area contributed by atoms with Gasteiger partial charge in [0.1, 0.15) is 12.2 Å². The number of ether oxygens (including phenoxy) is 3. The number of rotatable bonds is 24. The highest BCUT2D eigenvalue weighted by Gasteiger charge is 2.15. The molecule has 0 aliphatic rings. The van der Waals surface area contributed by atoms with E-state index in [1.807, 2.05) is 20.8 Å². The van der Waals surface area contributed by atoms with E-state index in [0.29, 0.717) is 26.1 Å². The normalized spacial score (nSPS) is 11.5. The lowest BCUT2D eigenvalue weighted by molar-refractivity contribution is -0.155. The molecule has 0 radical (unpaired) electrons. The SMILES string of the molecule is CC(C)(C)OC(=O)CCCCCCCCCCCCCCCCCCC(=O)OCCOCCO. The highest BCUT2D eigenvalue weighted by atomic mass is 16.6. The first-order chi connectivity index (χ1) is 16.3. The molecule has 202 valence electrons. The van der Waals surface area contributed by atoms with Crippen LogP contribution >= 0.6 is 0 Å². The smallest absolute Gasteiger partial charge is 0.306 e. The molecule has 0 unspecified atom stereocenters. The lowest BCUT2D eigenvalue weighted by atomic mass is 10.0. The number of aliphatic hydroxyl groups is 1. The van der Waals surface area contributed by atoms with Gasteiger partial charge in [0.25, 0.3) is 0 Å². The predicted octanol–water partition coefficient (Wildman–Crippen LogP) is 6.90. The molecule has 0 aromatic rings. The summed E-state index contributed by atoms with van der Waals surface area (Å²) >= 11 is 0. The van der Waals surface area contributed by atoms with Crippen LogP contribution in [-0.2, 0) is 23.8 Å². The second-order valence-corrected chi connectivity index (χ2v) is 10.3. The van der Waals surface area contributed by atoms with E-state index in [2.05, 4.69) is 0 Å². The van der Waals surface area contributed by atoms with Crippen molar-refractivity contribution in [3.05, 3.63) is 0 Å². The molecule has 0 heterocycles. The number of hydrogen-bond donors (Lipinski definition) is 1. The summed E-state index contributed by atoms with van der Waals surface area (Å²) in [4.78, 5) is 23.2. The Bertz CT molecular complexity index is 472. The zero-order chi connectivity index (χ0) is 25.3. The lowest BCUT2D eigenvalue weighted by Crippen LogP contribution is -2.23. The van der Waals surface area contributed by atoms with Crippen molar-refractivity contribution in [2.75, 3.05) is 26.4 Å². The summed E-state index contributed by atoms with van der Waals surface area (Å²) in [7, 11) is 0. The average Bonchev–Trinajstić information content (AvgIpc) is 2.77. The van der Waals surface area contributed by atoms with Crippen molar-refractivity contribution in [3.63, 3.8) is 0 Å². The number of esters is 2. The average molecular weight is 487 g/mol. The molecule has 0 aromatic carbocycles. The fraction of sp³-hybridized carbons (Fsp3) is 0.929. The van der Waals surface area contributed by atoms with Gasteiger partial charge in [-0.05, 0) is 33.6 Å². The van der Waals surface area contributed by atoms with Crippen LogP contribution in [0.25, 0.3) is 0 Å². The second-order valence-electron chi connectivity index (χ2n) is 10.3. The molecule has 0 saturated carbocycles. The van der Waals surface area contributed by atoms with E-state index in [-0.39, 0.29) is 30.8 Å². The number of unbranched alkanes of at least 4 members (excludes halogenated alkanes) is 15. The molecule has 6 nitrogen and oxygen atoms in total. The monoisotopic (exact) mass is 486 g/mol. The van der Waals surface area contributed by atoms with E-state index < -0.39 is 0 Å². The molecule has 6 heteroatoms. The van der Waals surface area contributed by atoms with E-state index in [0.717, 1.165) is 25.7 Å². The maximum atomic E-state index is 11.6. The number of carbonyl (C=O) groups excluding carboxylic acids is 2. The molecule has 0 fully saturated rings. The van der Waals surface area contributed by atoms with Crippen LogP contribution < -0.4 is 0 Å². The van der Waals surface area contributed by atoms with Gasteiger partial charge in [0.2, 0.25) is 0 Å². The Morgan fingerprint density at radius 3 is 1.32 bits per heavy atom. The van der Waals surface area contributed by atoms with Crippen molar-refractivity contribution in [1.82, 2.24) is 0 Å². The molecule has 0 spiro atoms. The van der Waals surface area contributed by atoms with Crippen LogP contribution in [0.3, 0.4) is 0 Å². The topological polar surface area (TPSA) is 82.1 Å².